The summed E-state index contributed by atoms with van der Waals surface area (Å²) in [4.78, 5) is 2.36. The van der Waals surface area contributed by atoms with E-state index in [1.54, 1.807) is 0 Å². The summed E-state index contributed by atoms with van der Waals surface area (Å²) in [6, 6.07) is 92.5. The molecule has 0 fully saturated rings. The van der Waals surface area contributed by atoms with Crippen LogP contribution in [0.1, 0.15) is 0 Å². The summed E-state index contributed by atoms with van der Waals surface area (Å²) in [5, 5.41) is 7.58. The smallest absolute Gasteiger partial charge is 0.0547 e. The van der Waals surface area contributed by atoms with E-state index in [4.69, 9.17) is 0 Å². The molecule has 0 amide bonds. The third kappa shape index (κ3) is 6.52. The molecule has 0 spiro atoms. The Morgan fingerprint density at radius 3 is 1.34 bits per heavy atom. The quantitative estimate of drug-likeness (QED) is 0.148. The summed E-state index contributed by atoms with van der Waals surface area (Å²) in [7, 11) is 0. The summed E-state index contributed by atoms with van der Waals surface area (Å²) in [6.07, 6.45) is 0. The zero-order valence-electron chi connectivity index (χ0n) is 35.1. The molecule has 12 aromatic rings. The molecular formula is C62H42N2. The zero-order chi connectivity index (χ0) is 42.4. The van der Waals surface area contributed by atoms with Crippen LogP contribution in [-0.2, 0) is 0 Å². The molecular weight excluding hydrogens is 773 g/mol. The van der Waals surface area contributed by atoms with Crippen molar-refractivity contribution in [1.82, 2.24) is 4.57 Å². The number of rotatable bonds is 8. The summed E-state index contributed by atoms with van der Waals surface area (Å²) in [5.74, 6) is 0. The van der Waals surface area contributed by atoms with E-state index in [1.807, 2.05) is 0 Å². The first kappa shape index (κ1) is 37.3. The van der Waals surface area contributed by atoms with E-state index in [0.29, 0.717) is 0 Å². The van der Waals surface area contributed by atoms with Gasteiger partial charge in [-0.2, -0.15) is 0 Å². The lowest BCUT2D eigenvalue weighted by Crippen LogP contribution is -2.09. The molecule has 64 heavy (non-hydrogen) atoms. The minimum atomic E-state index is 1.09. The summed E-state index contributed by atoms with van der Waals surface area (Å²) >= 11 is 0. The summed E-state index contributed by atoms with van der Waals surface area (Å²) < 4.78 is 2.45. The van der Waals surface area contributed by atoms with Gasteiger partial charge in [-0.25, -0.2) is 0 Å². The van der Waals surface area contributed by atoms with Crippen molar-refractivity contribution in [3.8, 4) is 50.2 Å². The number of anilines is 3. The van der Waals surface area contributed by atoms with Crippen LogP contribution in [0.3, 0.4) is 0 Å². The second-order valence-electron chi connectivity index (χ2n) is 16.5. The molecule has 11 aromatic carbocycles. The number of nitrogens with zero attached hydrogens (tertiary/aromatic N) is 2. The van der Waals surface area contributed by atoms with Crippen molar-refractivity contribution in [3.63, 3.8) is 0 Å². The van der Waals surface area contributed by atoms with Crippen molar-refractivity contribution in [2.45, 2.75) is 0 Å². The minimum Gasteiger partial charge on any atom is -0.311 e. The van der Waals surface area contributed by atoms with Gasteiger partial charge < -0.3 is 9.47 Å². The lowest BCUT2D eigenvalue weighted by atomic mass is 9.98. The van der Waals surface area contributed by atoms with Gasteiger partial charge in [0.25, 0.3) is 0 Å². The molecule has 300 valence electrons. The Kier molecular flexibility index (Phi) is 9.20. The van der Waals surface area contributed by atoms with Crippen molar-refractivity contribution in [3.05, 3.63) is 255 Å². The van der Waals surface area contributed by atoms with Gasteiger partial charge >= 0.3 is 0 Å². The van der Waals surface area contributed by atoms with Gasteiger partial charge in [0.05, 0.1) is 16.7 Å². The highest BCUT2D eigenvalue weighted by Gasteiger charge is 2.19. The van der Waals surface area contributed by atoms with Gasteiger partial charge in [-0.3, -0.25) is 0 Å². The molecule has 1 heterocycles. The number of hydrogen-bond acceptors (Lipinski definition) is 1. The second kappa shape index (κ2) is 15.8. The van der Waals surface area contributed by atoms with Crippen LogP contribution in [0.25, 0.3) is 93.5 Å². The maximum Gasteiger partial charge on any atom is 0.0547 e. The highest BCUT2D eigenvalue weighted by molar-refractivity contribution is 6.21. The first-order valence-electron chi connectivity index (χ1n) is 22.0. The average molecular weight is 815 g/mol. The van der Waals surface area contributed by atoms with E-state index >= 15 is 0 Å². The first-order chi connectivity index (χ1) is 31.7. The van der Waals surface area contributed by atoms with Crippen molar-refractivity contribution in [2.75, 3.05) is 4.90 Å². The fraction of sp³-hybridized carbons (Fsp3) is 0. The van der Waals surface area contributed by atoms with Crippen LogP contribution in [0, 0.1) is 0 Å². The van der Waals surface area contributed by atoms with Gasteiger partial charge in [-0.1, -0.05) is 200 Å². The lowest BCUT2D eigenvalue weighted by Gasteiger charge is -2.26. The Bertz CT molecular complexity index is 3620. The Labute approximate surface area is 373 Å². The standard InChI is InChI=1S/C62H42N2/c1-2-13-43(14-3-1)44-25-27-45(28-26-44)46-29-36-51(37-30-46)63(52-38-31-49(32-39-52)55-22-12-17-47-15-4-6-18-54(47)55)53-40-33-50(34-41-53)56-19-8-10-23-59(56)64-60-24-11-9-21-58(60)62-57-20-7-5-16-48(57)35-42-61(62)64/h1-42H. The summed E-state index contributed by atoms with van der Waals surface area (Å²) in [6.45, 7) is 0. The number of benzene rings is 11. The molecule has 0 saturated carbocycles. The molecule has 0 atom stereocenters. The third-order valence-electron chi connectivity index (χ3n) is 12.8. The van der Waals surface area contributed by atoms with Crippen LogP contribution >= 0.6 is 0 Å². The first-order valence-corrected chi connectivity index (χ1v) is 22.0. The molecule has 0 aliphatic rings. The van der Waals surface area contributed by atoms with Crippen molar-refractivity contribution >= 4 is 60.4 Å². The van der Waals surface area contributed by atoms with Crippen LogP contribution in [-0.4, -0.2) is 4.57 Å². The molecule has 2 nitrogen and oxygen atoms in total. The molecule has 1 aromatic heterocycles. The molecule has 0 bridgehead atoms. The fourth-order valence-electron chi connectivity index (χ4n) is 9.70. The predicted molar refractivity (Wildman–Crippen MR) is 272 cm³/mol. The second-order valence-corrected chi connectivity index (χ2v) is 16.5. The Morgan fingerprint density at radius 1 is 0.250 bits per heavy atom. The number of para-hydroxylation sites is 2. The normalized spacial score (nSPS) is 11.4. The maximum absolute atomic E-state index is 2.45. The monoisotopic (exact) mass is 814 g/mol. The van der Waals surface area contributed by atoms with E-state index in [0.717, 1.165) is 28.3 Å². The molecule has 2 heteroatoms. The highest BCUT2D eigenvalue weighted by atomic mass is 15.1. The summed E-state index contributed by atoms with van der Waals surface area (Å²) in [5.41, 5.74) is 16.4. The van der Waals surface area contributed by atoms with Crippen molar-refractivity contribution in [1.29, 1.82) is 0 Å². The van der Waals surface area contributed by atoms with Crippen LogP contribution < -0.4 is 4.90 Å². The van der Waals surface area contributed by atoms with Crippen LogP contribution in [0.4, 0.5) is 17.1 Å². The van der Waals surface area contributed by atoms with Crippen molar-refractivity contribution in [2.24, 2.45) is 0 Å². The zero-order valence-corrected chi connectivity index (χ0v) is 35.1. The molecule has 0 N–H and O–H groups in total. The van der Waals surface area contributed by atoms with E-state index in [-0.39, 0.29) is 0 Å². The Morgan fingerprint density at radius 2 is 0.688 bits per heavy atom. The van der Waals surface area contributed by atoms with Gasteiger partial charge in [-0.05, 0) is 115 Å². The molecule has 0 aliphatic carbocycles. The highest BCUT2D eigenvalue weighted by Crippen LogP contribution is 2.42. The maximum atomic E-state index is 2.45. The van der Waals surface area contributed by atoms with Crippen LogP contribution in [0.15, 0.2) is 255 Å². The minimum absolute atomic E-state index is 1.09. The number of fused-ring (bicyclic) bond motifs is 6. The fourth-order valence-corrected chi connectivity index (χ4v) is 9.70. The predicted octanol–water partition coefficient (Wildman–Crippen LogP) is 17.2. The number of hydrogen-bond donors (Lipinski definition) is 0. The topological polar surface area (TPSA) is 8.17 Å². The number of aromatic nitrogens is 1. The van der Waals surface area contributed by atoms with E-state index in [2.05, 4.69) is 264 Å². The van der Waals surface area contributed by atoms with Gasteiger partial charge in [0.2, 0.25) is 0 Å². The molecule has 0 radical (unpaired) electrons. The van der Waals surface area contributed by atoms with Crippen LogP contribution in [0.2, 0.25) is 0 Å². The third-order valence-corrected chi connectivity index (χ3v) is 12.8. The van der Waals surface area contributed by atoms with Crippen LogP contribution in [0.5, 0.6) is 0 Å². The van der Waals surface area contributed by atoms with E-state index in [1.165, 1.54) is 82.3 Å². The molecule has 12 rings (SSSR count). The average Bonchev–Trinajstić information content (AvgIpc) is 3.72. The molecule has 0 saturated heterocycles. The van der Waals surface area contributed by atoms with Gasteiger partial charge in [0.15, 0.2) is 0 Å². The van der Waals surface area contributed by atoms with Gasteiger partial charge in [-0.15, -0.1) is 0 Å². The van der Waals surface area contributed by atoms with E-state index < -0.39 is 0 Å². The van der Waals surface area contributed by atoms with E-state index in [9.17, 15) is 0 Å². The Hall–Kier alpha value is -8.46. The molecule has 0 unspecified atom stereocenters. The Balaban J connectivity index is 0.939. The largest absolute Gasteiger partial charge is 0.311 e. The SMILES string of the molecule is c1ccc(-c2ccc(-c3ccc(N(c4ccc(-c5ccccc5-n5c6ccccc6c6c7ccccc7ccc65)cc4)c4ccc(-c5cccc6ccccc56)cc4)cc3)cc2)cc1. The lowest BCUT2D eigenvalue weighted by molar-refractivity contribution is 1.18. The molecule has 0 aliphatic heterocycles. The van der Waals surface area contributed by atoms with Gasteiger partial charge in [0, 0.05) is 33.4 Å². The van der Waals surface area contributed by atoms with Gasteiger partial charge in [0.1, 0.15) is 0 Å². The van der Waals surface area contributed by atoms with Crippen molar-refractivity contribution < 1.29 is 0 Å².